The Kier molecular flexibility index (Phi) is 5.17. The third-order valence-electron chi connectivity index (χ3n) is 3.50. The van der Waals surface area contributed by atoms with Crippen molar-refractivity contribution < 1.29 is 18.7 Å². The van der Waals surface area contributed by atoms with Crippen molar-refractivity contribution in [1.82, 2.24) is 4.90 Å². The normalized spacial score (nSPS) is 18.4. The van der Waals surface area contributed by atoms with Gasteiger partial charge in [0.2, 0.25) is 0 Å². The van der Waals surface area contributed by atoms with Crippen LogP contribution < -0.4 is 0 Å². The Morgan fingerprint density at radius 3 is 2.90 bits per heavy atom. The van der Waals surface area contributed by atoms with Gasteiger partial charge in [-0.15, -0.1) is 0 Å². The molecule has 1 heterocycles. The summed E-state index contributed by atoms with van der Waals surface area (Å²) in [5, 5.41) is -0.0835. The molecule has 2 rings (SSSR count). The number of amides is 1. The molecule has 0 aromatic heterocycles. The van der Waals surface area contributed by atoms with Crippen LogP contribution in [0.2, 0.25) is 5.02 Å². The van der Waals surface area contributed by atoms with Gasteiger partial charge in [0.1, 0.15) is 5.82 Å². The van der Waals surface area contributed by atoms with Crippen molar-refractivity contribution in [2.24, 2.45) is 5.92 Å². The van der Waals surface area contributed by atoms with Crippen LogP contribution in [0.4, 0.5) is 4.39 Å². The zero-order valence-electron chi connectivity index (χ0n) is 11.8. The number of carbonyl (C=O) groups is 2. The Morgan fingerprint density at radius 1 is 1.48 bits per heavy atom. The summed E-state index contributed by atoms with van der Waals surface area (Å²) in [6.45, 7) is 2.98. The Hall–Kier alpha value is -1.62. The molecule has 1 fully saturated rings. The van der Waals surface area contributed by atoms with Gasteiger partial charge in [-0.1, -0.05) is 11.6 Å². The van der Waals surface area contributed by atoms with Crippen LogP contribution >= 0.6 is 11.6 Å². The zero-order valence-corrected chi connectivity index (χ0v) is 12.5. The smallest absolute Gasteiger partial charge is 0.310 e. The average molecular weight is 314 g/mol. The number of rotatable bonds is 3. The minimum absolute atomic E-state index is 0.0835. The molecule has 0 spiro atoms. The Labute approximate surface area is 127 Å². The van der Waals surface area contributed by atoms with Crippen molar-refractivity contribution in [3.8, 4) is 0 Å². The van der Waals surface area contributed by atoms with Crippen molar-refractivity contribution in [3.05, 3.63) is 34.6 Å². The molecule has 21 heavy (non-hydrogen) atoms. The molecule has 1 aliphatic rings. The molecule has 1 amide bonds. The highest BCUT2D eigenvalue weighted by Gasteiger charge is 2.29. The van der Waals surface area contributed by atoms with E-state index in [4.69, 9.17) is 16.3 Å². The van der Waals surface area contributed by atoms with Crippen molar-refractivity contribution in [2.75, 3.05) is 19.7 Å². The molecule has 1 aromatic rings. The lowest BCUT2D eigenvalue weighted by Crippen LogP contribution is -2.42. The number of carbonyl (C=O) groups excluding carboxylic acids is 2. The quantitative estimate of drug-likeness (QED) is 0.806. The molecule has 0 saturated carbocycles. The van der Waals surface area contributed by atoms with Crippen LogP contribution in [0.25, 0.3) is 0 Å². The average Bonchev–Trinajstić information content (AvgIpc) is 2.49. The molecule has 1 aliphatic heterocycles. The first-order valence-electron chi connectivity index (χ1n) is 6.94. The first-order chi connectivity index (χ1) is 10.0. The summed E-state index contributed by atoms with van der Waals surface area (Å²) >= 11 is 5.70. The van der Waals surface area contributed by atoms with Crippen LogP contribution in [0.15, 0.2) is 18.2 Å². The number of piperidine rings is 1. The standard InChI is InChI=1S/C15H17ClFNO3/c1-2-21-15(20)11-4-3-7-18(9-11)14(19)10-5-6-13(17)12(16)8-10/h5-6,8,11H,2-4,7,9H2,1H3/t11-/m1/s1. The van der Waals surface area contributed by atoms with E-state index in [0.29, 0.717) is 31.7 Å². The maximum Gasteiger partial charge on any atom is 0.310 e. The monoisotopic (exact) mass is 313 g/mol. The SMILES string of the molecule is CCOC(=O)[C@@H]1CCCN(C(=O)c2ccc(F)c(Cl)c2)C1. The zero-order chi connectivity index (χ0) is 15.4. The van der Waals surface area contributed by atoms with Crippen LogP contribution in [0.1, 0.15) is 30.1 Å². The third kappa shape index (κ3) is 3.73. The molecule has 0 radical (unpaired) electrons. The van der Waals surface area contributed by atoms with Gasteiger partial charge < -0.3 is 9.64 Å². The summed E-state index contributed by atoms with van der Waals surface area (Å²) in [5.41, 5.74) is 0.325. The first kappa shape index (κ1) is 15.8. The highest BCUT2D eigenvalue weighted by Crippen LogP contribution is 2.22. The highest BCUT2D eigenvalue weighted by atomic mass is 35.5. The van der Waals surface area contributed by atoms with Crippen molar-refractivity contribution in [1.29, 1.82) is 0 Å². The molecule has 0 unspecified atom stereocenters. The molecular weight excluding hydrogens is 297 g/mol. The summed E-state index contributed by atoms with van der Waals surface area (Å²) < 4.78 is 18.1. The Bertz CT molecular complexity index is 550. The summed E-state index contributed by atoms with van der Waals surface area (Å²) in [6, 6.07) is 3.88. The number of hydrogen-bond acceptors (Lipinski definition) is 3. The van der Waals surface area contributed by atoms with Gasteiger partial charge in [-0.3, -0.25) is 9.59 Å². The fourth-order valence-electron chi connectivity index (χ4n) is 2.43. The predicted octanol–water partition coefficient (Wildman–Crippen LogP) is 2.89. The number of hydrogen-bond donors (Lipinski definition) is 0. The van der Waals surface area contributed by atoms with E-state index in [0.717, 1.165) is 6.42 Å². The minimum atomic E-state index is -0.559. The topological polar surface area (TPSA) is 46.6 Å². The van der Waals surface area contributed by atoms with E-state index in [9.17, 15) is 14.0 Å². The first-order valence-corrected chi connectivity index (χ1v) is 7.31. The fourth-order valence-corrected chi connectivity index (χ4v) is 2.61. The molecule has 0 aliphatic carbocycles. The second-order valence-electron chi connectivity index (χ2n) is 4.97. The van der Waals surface area contributed by atoms with Gasteiger partial charge >= 0.3 is 5.97 Å². The van der Waals surface area contributed by atoms with Gasteiger partial charge in [-0.2, -0.15) is 0 Å². The lowest BCUT2D eigenvalue weighted by atomic mass is 9.97. The molecule has 0 N–H and O–H groups in total. The van der Waals surface area contributed by atoms with Crippen molar-refractivity contribution >= 4 is 23.5 Å². The van der Waals surface area contributed by atoms with Gasteiger partial charge in [-0.25, -0.2) is 4.39 Å². The Morgan fingerprint density at radius 2 is 2.24 bits per heavy atom. The van der Waals surface area contributed by atoms with E-state index in [1.54, 1.807) is 11.8 Å². The van der Waals surface area contributed by atoms with Crippen molar-refractivity contribution in [2.45, 2.75) is 19.8 Å². The van der Waals surface area contributed by atoms with Gasteiger partial charge in [0.05, 0.1) is 17.5 Å². The molecule has 4 nitrogen and oxygen atoms in total. The fraction of sp³-hybridized carbons (Fsp3) is 0.467. The number of halogens is 2. The summed E-state index contributed by atoms with van der Waals surface area (Å²) in [5.74, 6) is -1.37. The van der Waals surface area contributed by atoms with E-state index in [-0.39, 0.29) is 22.8 Å². The van der Waals surface area contributed by atoms with E-state index in [1.807, 2.05) is 0 Å². The largest absolute Gasteiger partial charge is 0.466 e. The van der Waals surface area contributed by atoms with E-state index in [1.165, 1.54) is 18.2 Å². The molecule has 6 heteroatoms. The third-order valence-corrected chi connectivity index (χ3v) is 3.78. The van der Waals surface area contributed by atoms with Gasteiger partial charge in [-0.05, 0) is 38.0 Å². The molecule has 1 saturated heterocycles. The predicted molar refractivity (Wildman–Crippen MR) is 76.7 cm³/mol. The lowest BCUT2D eigenvalue weighted by molar-refractivity contribution is -0.149. The molecule has 1 aromatic carbocycles. The maximum atomic E-state index is 13.1. The number of benzene rings is 1. The number of esters is 1. The second-order valence-corrected chi connectivity index (χ2v) is 5.38. The van der Waals surface area contributed by atoms with Crippen LogP contribution in [-0.4, -0.2) is 36.5 Å². The molecule has 114 valence electrons. The van der Waals surface area contributed by atoms with Crippen molar-refractivity contribution in [3.63, 3.8) is 0 Å². The van der Waals surface area contributed by atoms with Crippen LogP contribution in [0, 0.1) is 11.7 Å². The van der Waals surface area contributed by atoms with Crippen LogP contribution in [0.3, 0.4) is 0 Å². The number of nitrogens with zero attached hydrogens (tertiary/aromatic N) is 1. The maximum absolute atomic E-state index is 13.1. The minimum Gasteiger partial charge on any atom is -0.466 e. The number of ether oxygens (including phenoxy) is 1. The summed E-state index contributed by atoms with van der Waals surface area (Å²) in [7, 11) is 0. The van der Waals surface area contributed by atoms with Gasteiger partial charge in [0, 0.05) is 18.7 Å². The van der Waals surface area contributed by atoms with Crippen LogP contribution in [0.5, 0.6) is 0 Å². The van der Waals surface area contributed by atoms with Gasteiger partial charge in [0.25, 0.3) is 5.91 Å². The van der Waals surface area contributed by atoms with E-state index in [2.05, 4.69) is 0 Å². The van der Waals surface area contributed by atoms with Crippen LogP contribution in [-0.2, 0) is 9.53 Å². The number of likely N-dealkylation sites (tertiary alicyclic amines) is 1. The molecular formula is C15H17ClFNO3. The Balaban J connectivity index is 2.08. The van der Waals surface area contributed by atoms with Gasteiger partial charge in [0.15, 0.2) is 0 Å². The molecule has 1 atom stereocenters. The second kappa shape index (κ2) is 6.89. The molecule has 0 bridgehead atoms. The summed E-state index contributed by atoms with van der Waals surface area (Å²) in [4.78, 5) is 25.7. The van der Waals surface area contributed by atoms with E-state index < -0.39 is 5.82 Å². The summed E-state index contributed by atoms with van der Waals surface area (Å²) in [6.07, 6.45) is 1.46. The highest BCUT2D eigenvalue weighted by molar-refractivity contribution is 6.31. The van der Waals surface area contributed by atoms with E-state index >= 15 is 0 Å². The lowest BCUT2D eigenvalue weighted by Gasteiger charge is -2.31.